The van der Waals surface area contributed by atoms with E-state index in [9.17, 15) is 26.7 Å². The summed E-state index contributed by atoms with van der Waals surface area (Å²) < 4.78 is 97.0. The van der Waals surface area contributed by atoms with E-state index in [1.54, 1.807) is 0 Å². The lowest BCUT2D eigenvalue weighted by atomic mass is 9.89. The quantitative estimate of drug-likeness (QED) is 0.115. The third-order valence-electron chi connectivity index (χ3n) is 5.23. The Hall–Kier alpha value is -4.00. The smallest absolute Gasteiger partial charge is 0.322 e. The van der Waals surface area contributed by atoms with E-state index in [4.69, 9.17) is 11.7 Å². The zero-order chi connectivity index (χ0) is 26.7. The van der Waals surface area contributed by atoms with Crippen LogP contribution < -0.4 is 11.7 Å². The molecule has 3 aromatic rings. The summed E-state index contributed by atoms with van der Waals surface area (Å²) in [6, 6.07) is 7.26. The van der Waals surface area contributed by atoms with E-state index < -0.39 is 58.8 Å². The van der Waals surface area contributed by atoms with E-state index >= 15 is 8.78 Å². The van der Waals surface area contributed by atoms with E-state index in [2.05, 4.69) is 10.1 Å². The lowest BCUT2D eigenvalue weighted by Gasteiger charge is -2.29. The molecule has 6 nitrogen and oxygen atoms in total. The number of pyridine rings is 1. The molecule has 13 heteroatoms. The van der Waals surface area contributed by atoms with Crippen molar-refractivity contribution >= 4 is 12.1 Å². The second-order valence-electron chi connectivity index (χ2n) is 7.64. The van der Waals surface area contributed by atoms with Gasteiger partial charge in [-0.1, -0.05) is 18.2 Å². The fourth-order valence-corrected chi connectivity index (χ4v) is 3.42. The molecular weight excluding hydrogens is 495 g/mol. The molecule has 0 amide bonds. The molecule has 1 atom stereocenters. The minimum atomic E-state index is -4.59. The number of hydrogen-bond acceptors (Lipinski definition) is 5. The van der Waals surface area contributed by atoms with Crippen LogP contribution in [0.15, 0.2) is 65.9 Å². The van der Waals surface area contributed by atoms with Crippen molar-refractivity contribution in [3.05, 3.63) is 100 Å². The number of nitrogens with two attached hydrogens (primary N) is 2. The molecule has 0 aliphatic carbocycles. The van der Waals surface area contributed by atoms with Gasteiger partial charge in [0, 0.05) is 29.9 Å². The van der Waals surface area contributed by atoms with Crippen molar-refractivity contribution in [3.8, 4) is 0 Å². The summed E-state index contributed by atoms with van der Waals surface area (Å²) in [5.74, 6) is 1.72. The molecule has 0 saturated carbocycles. The number of carbonyl (C=O) groups excluding carboxylic acids is 1. The number of hydrazine groups is 1. The number of carbonyl (C=O) groups is 1. The maximum Gasteiger partial charge on any atom is 0.416 e. The highest BCUT2D eigenvalue weighted by molar-refractivity contribution is 6.08. The Kier molecular flexibility index (Phi) is 7.62. The molecule has 2 aromatic carbocycles. The van der Waals surface area contributed by atoms with Gasteiger partial charge in [-0.15, -0.1) is 0 Å². The van der Waals surface area contributed by atoms with Gasteiger partial charge < -0.3 is 5.84 Å². The number of alkyl halides is 5. The SMILES string of the molecule is N/N=C\N(N)CC(c1ccc(F)cc1F)C(F)(F)c1ccc(C(=O)c2ccc(C(F)(F)F)cc2)cn1. The van der Waals surface area contributed by atoms with Crippen LogP contribution in [-0.4, -0.2) is 28.7 Å². The molecule has 0 aliphatic rings. The highest BCUT2D eigenvalue weighted by Gasteiger charge is 2.45. The largest absolute Gasteiger partial charge is 0.416 e. The molecule has 0 radical (unpaired) electrons. The molecule has 4 N–H and O–H groups in total. The van der Waals surface area contributed by atoms with Gasteiger partial charge in [-0.05, 0) is 35.9 Å². The van der Waals surface area contributed by atoms with Gasteiger partial charge in [0.1, 0.15) is 23.7 Å². The Bertz CT molecular complexity index is 1250. The van der Waals surface area contributed by atoms with Crippen molar-refractivity contribution in [1.29, 1.82) is 0 Å². The van der Waals surface area contributed by atoms with Crippen molar-refractivity contribution in [2.45, 2.75) is 18.0 Å². The van der Waals surface area contributed by atoms with Crippen molar-refractivity contribution < 1.29 is 35.5 Å². The minimum absolute atomic E-state index is 0.115. The van der Waals surface area contributed by atoms with Crippen LogP contribution in [-0.2, 0) is 12.1 Å². The van der Waals surface area contributed by atoms with Gasteiger partial charge in [0.15, 0.2) is 5.78 Å². The van der Waals surface area contributed by atoms with Crippen LogP contribution in [0.5, 0.6) is 0 Å². The first kappa shape index (κ1) is 26.6. The monoisotopic (exact) mass is 513 g/mol. The molecule has 0 spiro atoms. The molecule has 36 heavy (non-hydrogen) atoms. The third-order valence-corrected chi connectivity index (χ3v) is 5.23. The van der Waals surface area contributed by atoms with Crippen LogP contribution in [0.3, 0.4) is 0 Å². The summed E-state index contributed by atoms with van der Waals surface area (Å²) in [5.41, 5.74) is -2.67. The van der Waals surface area contributed by atoms with Crippen LogP contribution in [0.25, 0.3) is 0 Å². The molecule has 1 unspecified atom stereocenters. The number of hydrogen-bond donors (Lipinski definition) is 2. The fourth-order valence-electron chi connectivity index (χ4n) is 3.42. The summed E-state index contributed by atoms with van der Waals surface area (Å²) in [7, 11) is 0. The standard InChI is InChI=1S/C23H18F7N5O/c24-16-6-7-17(19(25)9-16)18(11-35(32)12-34-31)22(26,27)20-8-3-14(10-33-20)21(36)13-1-4-15(5-2-13)23(28,29)30/h1-10,12,18H,11,31-32H2/b34-12-. The molecule has 190 valence electrons. The summed E-state index contributed by atoms with van der Waals surface area (Å²) in [5, 5.41) is 3.80. The number of nitrogens with zero attached hydrogens (tertiary/aromatic N) is 3. The van der Waals surface area contributed by atoms with Gasteiger partial charge in [0.25, 0.3) is 5.92 Å². The van der Waals surface area contributed by atoms with Gasteiger partial charge in [0.05, 0.1) is 11.5 Å². The van der Waals surface area contributed by atoms with Crippen molar-refractivity contribution in [1.82, 2.24) is 9.99 Å². The van der Waals surface area contributed by atoms with Crippen molar-refractivity contribution in [2.75, 3.05) is 6.54 Å². The number of hydrazone groups is 1. The van der Waals surface area contributed by atoms with E-state index in [-0.39, 0.29) is 11.1 Å². The average Bonchev–Trinajstić information content (AvgIpc) is 2.82. The lowest BCUT2D eigenvalue weighted by molar-refractivity contribution is -0.137. The van der Waals surface area contributed by atoms with E-state index in [1.807, 2.05) is 0 Å². The second kappa shape index (κ2) is 10.3. The lowest BCUT2D eigenvalue weighted by Crippen LogP contribution is -2.40. The number of ketones is 1. The Morgan fingerprint density at radius 2 is 1.64 bits per heavy atom. The molecular formula is C23H18F7N5O. The highest BCUT2D eigenvalue weighted by Crippen LogP contribution is 2.42. The maximum absolute atomic E-state index is 15.5. The zero-order valence-corrected chi connectivity index (χ0v) is 18.2. The molecule has 0 fully saturated rings. The number of rotatable bonds is 8. The molecule has 1 heterocycles. The molecule has 1 aromatic heterocycles. The van der Waals surface area contributed by atoms with Gasteiger partial charge in [-0.2, -0.15) is 27.1 Å². The first-order valence-corrected chi connectivity index (χ1v) is 10.1. The maximum atomic E-state index is 15.5. The highest BCUT2D eigenvalue weighted by atomic mass is 19.4. The summed E-state index contributed by atoms with van der Waals surface area (Å²) in [6.45, 7) is -0.704. The number of halogens is 7. The Labute approximate surface area is 200 Å². The van der Waals surface area contributed by atoms with Gasteiger partial charge in [-0.3, -0.25) is 14.8 Å². The van der Waals surface area contributed by atoms with Gasteiger partial charge >= 0.3 is 6.18 Å². The predicted molar refractivity (Wildman–Crippen MR) is 116 cm³/mol. The Balaban J connectivity index is 1.93. The van der Waals surface area contributed by atoms with Gasteiger partial charge in [-0.25, -0.2) is 14.6 Å². The fraction of sp³-hybridized carbons (Fsp3) is 0.174. The predicted octanol–water partition coefficient (Wildman–Crippen LogP) is 4.56. The molecule has 0 aliphatic heterocycles. The van der Waals surface area contributed by atoms with Crippen molar-refractivity contribution in [2.24, 2.45) is 16.8 Å². The van der Waals surface area contributed by atoms with E-state index in [0.29, 0.717) is 23.2 Å². The summed E-state index contributed by atoms with van der Waals surface area (Å²) in [6.07, 6.45) is -2.95. The second-order valence-corrected chi connectivity index (χ2v) is 7.64. The zero-order valence-electron chi connectivity index (χ0n) is 18.2. The minimum Gasteiger partial charge on any atom is -0.322 e. The van der Waals surface area contributed by atoms with E-state index in [0.717, 1.165) is 48.9 Å². The van der Waals surface area contributed by atoms with Crippen LogP contribution in [0.1, 0.15) is 38.7 Å². The normalized spacial score (nSPS) is 13.1. The van der Waals surface area contributed by atoms with Crippen LogP contribution in [0.2, 0.25) is 0 Å². The molecule has 0 bridgehead atoms. The van der Waals surface area contributed by atoms with Crippen LogP contribution >= 0.6 is 0 Å². The van der Waals surface area contributed by atoms with Crippen LogP contribution in [0, 0.1) is 11.6 Å². The Morgan fingerprint density at radius 1 is 1.00 bits per heavy atom. The van der Waals surface area contributed by atoms with Crippen molar-refractivity contribution in [3.63, 3.8) is 0 Å². The third kappa shape index (κ3) is 5.79. The summed E-state index contributed by atoms with van der Waals surface area (Å²) in [4.78, 5) is 16.2. The summed E-state index contributed by atoms with van der Waals surface area (Å²) >= 11 is 0. The molecule has 3 rings (SSSR count). The number of benzene rings is 2. The van der Waals surface area contributed by atoms with Gasteiger partial charge in [0.2, 0.25) is 0 Å². The van der Waals surface area contributed by atoms with E-state index in [1.165, 1.54) is 0 Å². The molecule has 0 saturated heterocycles. The Morgan fingerprint density at radius 3 is 2.17 bits per heavy atom. The topological polar surface area (TPSA) is 97.6 Å². The first-order valence-electron chi connectivity index (χ1n) is 10.1. The average molecular weight is 513 g/mol. The van der Waals surface area contributed by atoms with Crippen LogP contribution in [0.4, 0.5) is 30.7 Å². The first-order chi connectivity index (χ1) is 16.8. The number of aromatic nitrogens is 1.